The largest absolute Gasteiger partial charge is 0.485 e. The maximum Gasteiger partial charge on any atom is 0.416 e. The van der Waals surface area contributed by atoms with Crippen LogP contribution in [-0.2, 0) is 16.2 Å². The Morgan fingerprint density at radius 2 is 1.56 bits per heavy atom. The number of ether oxygens (including phenoxy) is 1. The SMILES string of the molecule is CC1(C)Oc2ccc(C(O)N(CCNc3ccccc3)c3ccccc3)cc2[C@@H](NS(=O)(=O)c2ccc(C(F)(F)F)cc2)[C@@H]1O. The number of alkyl halides is 3. The number of rotatable bonds is 10. The van der Waals surface area contributed by atoms with Gasteiger partial charge in [0, 0.05) is 35.6 Å². The minimum absolute atomic E-state index is 0.268. The van der Waals surface area contributed by atoms with Gasteiger partial charge in [-0.1, -0.05) is 42.5 Å². The average molecular weight is 642 g/mol. The number of aliphatic hydroxyl groups is 2. The first-order chi connectivity index (χ1) is 21.3. The van der Waals surface area contributed by atoms with Gasteiger partial charge in [0.15, 0.2) is 6.23 Å². The maximum absolute atomic E-state index is 13.4. The minimum atomic E-state index is -4.63. The highest BCUT2D eigenvalue weighted by atomic mass is 32.2. The fraction of sp³-hybridized carbons (Fsp3) is 0.273. The molecular weight excluding hydrogens is 607 g/mol. The van der Waals surface area contributed by atoms with Crippen molar-refractivity contribution in [1.29, 1.82) is 0 Å². The molecule has 0 aliphatic carbocycles. The van der Waals surface area contributed by atoms with Crippen molar-refractivity contribution in [3.8, 4) is 5.75 Å². The summed E-state index contributed by atoms with van der Waals surface area (Å²) in [5.74, 6) is 0.290. The van der Waals surface area contributed by atoms with Gasteiger partial charge in [-0.05, 0) is 74.5 Å². The zero-order valence-electron chi connectivity index (χ0n) is 24.6. The first-order valence-electron chi connectivity index (χ1n) is 14.3. The lowest BCUT2D eigenvalue weighted by Crippen LogP contribution is -2.53. The lowest BCUT2D eigenvalue weighted by atomic mass is 9.86. The van der Waals surface area contributed by atoms with E-state index >= 15 is 0 Å². The molecule has 0 saturated heterocycles. The second-order valence-corrected chi connectivity index (χ2v) is 13.0. The van der Waals surface area contributed by atoms with Crippen molar-refractivity contribution in [1.82, 2.24) is 4.72 Å². The molecule has 4 N–H and O–H groups in total. The van der Waals surface area contributed by atoms with Gasteiger partial charge < -0.3 is 25.2 Å². The molecule has 4 aromatic rings. The molecule has 4 aromatic carbocycles. The van der Waals surface area contributed by atoms with E-state index < -0.39 is 50.6 Å². The molecule has 1 unspecified atom stereocenters. The second kappa shape index (κ2) is 12.7. The number of para-hydroxylation sites is 2. The Morgan fingerprint density at radius 3 is 2.18 bits per heavy atom. The smallest absolute Gasteiger partial charge is 0.416 e. The minimum Gasteiger partial charge on any atom is -0.485 e. The lowest BCUT2D eigenvalue weighted by molar-refractivity contribution is -0.137. The van der Waals surface area contributed by atoms with Gasteiger partial charge in [0.25, 0.3) is 0 Å². The molecule has 0 spiro atoms. The number of hydrogen-bond donors (Lipinski definition) is 4. The van der Waals surface area contributed by atoms with Crippen molar-refractivity contribution in [2.75, 3.05) is 23.3 Å². The molecule has 0 bridgehead atoms. The van der Waals surface area contributed by atoms with Crippen LogP contribution in [0.2, 0.25) is 0 Å². The third kappa shape index (κ3) is 7.25. The van der Waals surface area contributed by atoms with Gasteiger partial charge >= 0.3 is 6.18 Å². The van der Waals surface area contributed by atoms with E-state index in [0.717, 1.165) is 23.5 Å². The average Bonchev–Trinajstić information content (AvgIpc) is 3.01. The van der Waals surface area contributed by atoms with E-state index in [1.807, 2.05) is 60.7 Å². The molecule has 1 heterocycles. The van der Waals surface area contributed by atoms with Crippen LogP contribution in [0.25, 0.3) is 0 Å². The highest BCUT2D eigenvalue weighted by molar-refractivity contribution is 7.89. The van der Waals surface area contributed by atoms with Gasteiger partial charge in [-0.3, -0.25) is 0 Å². The van der Waals surface area contributed by atoms with Crippen LogP contribution in [0.3, 0.4) is 0 Å². The number of halogens is 3. The summed E-state index contributed by atoms with van der Waals surface area (Å²) in [6, 6.07) is 25.6. The Hall–Kier alpha value is -4.10. The fourth-order valence-electron chi connectivity index (χ4n) is 5.23. The van der Waals surface area contributed by atoms with Crippen LogP contribution >= 0.6 is 0 Å². The Morgan fingerprint density at radius 1 is 0.933 bits per heavy atom. The van der Waals surface area contributed by atoms with Crippen LogP contribution < -0.4 is 19.7 Å². The van der Waals surface area contributed by atoms with Crippen molar-refractivity contribution < 1.29 is 36.5 Å². The summed E-state index contributed by atoms with van der Waals surface area (Å²) in [5, 5.41) is 26.2. The molecular formula is C33H34F3N3O5S. The van der Waals surface area contributed by atoms with E-state index in [1.165, 1.54) is 0 Å². The molecule has 0 fully saturated rings. The summed E-state index contributed by atoms with van der Waals surface area (Å²) in [4.78, 5) is 1.38. The Bertz CT molecular complexity index is 1700. The van der Waals surface area contributed by atoms with Gasteiger partial charge in [-0.15, -0.1) is 0 Å². The van der Waals surface area contributed by atoms with Gasteiger partial charge in [-0.2, -0.15) is 13.2 Å². The van der Waals surface area contributed by atoms with E-state index in [9.17, 15) is 31.8 Å². The predicted molar refractivity (Wildman–Crippen MR) is 165 cm³/mol. The number of nitrogens with zero attached hydrogens (tertiary/aromatic N) is 1. The van der Waals surface area contributed by atoms with Crippen molar-refractivity contribution in [3.63, 3.8) is 0 Å². The molecule has 238 valence electrons. The van der Waals surface area contributed by atoms with Crippen molar-refractivity contribution in [3.05, 3.63) is 120 Å². The Kier molecular flexibility index (Phi) is 9.13. The van der Waals surface area contributed by atoms with Crippen molar-refractivity contribution in [2.24, 2.45) is 0 Å². The van der Waals surface area contributed by atoms with Gasteiger partial charge in [0.05, 0.1) is 16.5 Å². The van der Waals surface area contributed by atoms with Crippen LogP contribution in [0, 0.1) is 0 Å². The van der Waals surface area contributed by atoms with Crippen LogP contribution in [0.15, 0.2) is 108 Å². The molecule has 0 radical (unpaired) electrons. The zero-order valence-corrected chi connectivity index (χ0v) is 25.4. The first-order valence-corrected chi connectivity index (χ1v) is 15.7. The van der Waals surface area contributed by atoms with Crippen molar-refractivity contribution >= 4 is 21.4 Å². The van der Waals surface area contributed by atoms with E-state index in [4.69, 9.17) is 4.74 Å². The fourth-order valence-corrected chi connectivity index (χ4v) is 6.45. The normalized spacial score (nSPS) is 18.4. The number of fused-ring (bicyclic) bond motifs is 1. The molecule has 8 nitrogen and oxygen atoms in total. The Labute approximate surface area is 260 Å². The van der Waals surface area contributed by atoms with Gasteiger partial charge in [-0.25, -0.2) is 13.1 Å². The number of sulfonamides is 1. The molecule has 3 atom stereocenters. The Balaban J connectivity index is 1.45. The first kappa shape index (κ1) is 32.3. The summed E-state index contributed by atoms with van der Waals surface area (Å²) in [6.07, 6.45) is -7.19. The van der Waals surface area contributed by atoms with Gasteiger partial charge in [0.2, 0.25) is 10.0 Å². The van der Waals surface area contributed by atoms with E-state index in [-0.39, 0.29) is 5.56 Å². The highest BCUT2D eigenvalue weighted by Crippen LogP contribution is 2.42. The summed E-state index contributed by atoms with van der Waals surface area (Å²) in [5.41, 5.74) is 0.135. The number of nitrogens with one attached hydrogen (secondary N) is 2. The quantitative estimate of drug-likeness (QED) is 0.161. The van der Waals surface area contributed by atoms with E-state index in [1.54, 1.807) is 36.9 Å². The summed E-state index contributed by atoms with van der Waals surface area (Å²) >= 11 is 0. The number of hydrogen-bond acceptors (Lipinski definition) is 7. The predicted octanol–water partition coefficient (Wildman–Crippen LogP) is 5.87. The topological polar surface area (TPSA) is 111 Å². The summed E-state index contributed by atoms with van der Waals surface area (Å²) < 4.78 is 74.4. The number of anilines is 2. The number of aliphatic hydroxyl groups excluding tert-OH is 2. The van der Waals surface area contributed by atoms with E-state index in [2.05, 4.69) is 10.0 Å². The second-order valence-electron chi connectivity index (χ2n) is 11.3. The van der Waals surface area contributed by atoms with E-state index in [0.29, 0.717) is 36.5 Å². The molecule has 5 rings (SSSR count). The highest BCUT2D eigenvalue weighted by Gasteiger charge is 2.45. The third-order valence-electron chi connectivity index (χ3n) is 7.68. The standard InChI is InChI=1S/C33H34F3N3O5S/c1-32(2)30(40)29(38-45(42,43)26-16-14-23(15-17-26)33(34,35)36)27-21-22(13-18-28(27)44-32)31(41)39(25-11-7-4-8-12-25)20-19-37-24-9-5-3-6-10-24/h3-18,21,29-31,37-38,40-41H,19-20H2,1-2H3/t29-,30+,31?/m1/s1. The lowest BCUT2D eigenvalue weighted by Gasteiger charge is -2.42. The summed E-state index contributed by atoms with van der Waals surface area (Å²) in [6.45, 7) is 4.08. The maximum atomic E-state index is 13.4. The molecule has 12 heteroatoms. The van der Waals surface area contributed by atoms with Crippen LogP contribution in [-0.4, -0.2) is 43.4 Å². The molecule has 0 saturated carbocycles. The number of benzene rings is 4. The molecule has 45 heavy (non-hydrogen) atoms. The molecule has 1 aliphatic heterocycles. The van der Waals surface area contributed by atoms with Gasteiger partial charge in [0.1, 0.15) is 17.5 Å². The monoisotopic (exact) mass is 641 g/mol. The zero-order chi connectivity index (χ0) is 32.4. The van der Waals surface area contributed by atoms with Crippen LogP contribution in [0.4, 0.5) is 24.5 Å². The molecule has 0 amide bonds. The van der Waals surface area contributed by atoms with Crippen LogP contribution in [0.5, 0.6) is 5.75 Å². The summed E-state index contributed by atoms with van der Waals surface area (Å²) in [7, 11) is -4.39. The third-order valence-corrected chi connectivity index (χ3v) is 9.14. The van der Waals surface area contributed by atoms with Crippen LogP contribution in [0.1, 0.15) is 42.8 Å². The van der Waals surface area contributed by atoms with Crippen molar-refractivity contribution in [2.45, 2.75) is 48.9 Å². The molecule has 1 aliphatic rings. The molecule has 0 aromatic heterocycles.